The molecule has 0 aromatic heterocycles. The van der Waals surface area contributed by atoms with Crippen LogP contribution in [0.15, 0.2) is 18.2 Å². The lowest BCUT2D eigenvalue weighted by molar-refractivity contribution is 0.246. The summed E-state index contributed by atoms with van der Waals surface area (Å²) in [6.45, 7) is 4.65. The van der Waals surface area contributed by atoms with Crippen LogP contribution in [0.25, 0.3) is 0 Å². The largest absolute Gasteiger partial charge is 0.490 e. The predicted molar refractivity (Wildman–Crippen MR) is 68.9 cm³/mol. The molecule has 0 saturated heterocycles. The van der Waals surface area contributed by atoms with Gasteiger partial charge in [-0.15, -0.1) is 11.6 Å². The van der Waals surface area contributed by atoms with Crippen molar-refractivity contribution >= 4 is 11.6 Å². The Morgan fingerprint density at radius 2 is 2.24 bits per heavy atom. The van der Waals surface area contributed by atoms with Crippen LogP contribution in [0.2, 0.25) is 0 Å². The molecule has 0 spiro atoms. The van der Waals surface area contributed by atoms with Crippen molar-refractivity contribution in [3.63, 3.8) is 0 Å². The van der Waals surface area contributed by atoms with Gasteiger partial charge < -0.3 is 4.74 Å². The second-order valence-electron chi connectivity index (χ2n) is 3.91. The summed E-state index contributed by atoms with van der Waals surface area (Å²) in [5.41, 5.74) is 0.714. The Kier molecular flexibility index (Phi) is 5.86. The van der Waals surface area contributed by atoms with E-state index < -0.39 is 0 Å². The predicted octanol–water partition coefficient (Wildman–Crippen LogP) is 3.84. The van der Waals surface area contributed by atoms with E-state index in [0.29, 0.717) is 18.1 Å². The summed E-state index contributed by atoms with van der Waals surface area (Å²) < 4.78 is 18.9. The van der Waals surface area contributed by atoms with Crippen LogP contribution >= 0.6 is 11.6 Å². The summed E-state index contributed by atoms with van der Waals surface area (Å²) in [5.74, 6) is 6.13. The van der Waals surface area contributed by atoms with Gasteiger partial charge in [0.1, 0.15) is 0 Å². The smallest absolute Gasteiger partial charge is 0.165 e. The Hall–Kier alpha value is -1.20. The Morgan fingerprint density at radius 1 is 1.47 bits per heavy atom. The van der Waals surface area contributed by atoms with E-state index >= 15 is 0 Å². The van der Waals surface area contributed by atoms with Gasteiger partial charge in [-0.1, -0.05) is 32.1 Å². The van der Waals surface area contributed by atoms with Gasteiger partial charge in [0.05, 0.1) is 12.5 Å². The average molecular weight is 255 g/mol. The van der Waals surface area contributed by atoms with Crippen molar-refractivity contribution in [2.75, 3.05) is 12.5 Å². The van der Waals surface area contributed by atoms with Gasteiger partial charge in [-0.05, 0) is 24.1 Å². The highest BCUT2D eigenvalue weighted by atomic mass is 35.5. The van der Waals surface area contributed by atoms with E-state index in [1.807, 2.05) is 0 Å². The third kappa shape index (κ3) is 4.66. The summed E-state index contributed by atoms with van der Waals surface area (Å²) in [6.07, 6.45) is 1.01. The lowest BCUT2D eigenvalue weighted by Crippen LogP contribution is -2.08. The minimum absolute atomic E-state index is 0.256. The van der Waals surface area contributed by atoms with Crippen molar-refractivity contribution in [3.8, 4) is 17.6 Å². The molecule has 1 nitrogen and oxygen atoms in total. The SMILES string of the molecule is CCC(C)COc1cc(C#CCCl)ccc1F. The molecule has 1 aromatic carbocycles. The fourth-order valence-corrected chi connectivity index (χ4v) is 1.24. The summed E-state index contributed by atoms with van der Waals surface area (Å²) in [4.78, 5) is 0. The molecule has 0 heterocycles. The van der Waals surface area contributed by atoms with Crippen molar-refractivity contribution in [2.45, 2.75) is 20.3 Å². The number of halogens is 2. The molecule has 0 aliphatic carbocycles. The zero-order valence-electron chi connectivity index (χ0n) is 10.1. The molecular formula is C14H16ClFO. The van der Waals surface area contributed by atoms with E-state index in [-0.39, 0.29) is 17.4 Å². The number of ether oxygens (including phenoxy) is 1. The van der Waals surface area contributed by atoms with Crippen LogP contribution in [0.5, 0.6) is 5.75 Å². The van der Waals surface area contributed by atoms with E-state index in [9.17, 15) is 4.39 Å². The molecule has 1 aromatic rings. The van der Waals surface area contributed by atoms with E-state index in [2.05, 4.69) is 25.7 Å². The number of benzene rings is 1. The normalized spacial score (nSPS) is 11.5. The number of hydrogen-bond donors (Lipinski definition) is 0. The van der Waals surface area contributed by atoms with Gasteiger partial charge >= 0.3 is 0 Å². The Balaban J connectivity index is 2.76. The molecule has 3 heteroatoms. The summed E-state index contributed by atoms with van der Waals surface area (Å²) in [6, 6.07) is 4.59. The van der Waals surface area contributed by atoms with Crippen molar-refractivity contribution in [3.05, 3.63) is 29.6 Å². The molecule has 92 valence electrons. The first-order valence-corrected chi connectivity index (χ1v) is 6.18. The van der Waals surface area contributed by atoms with Crippen LogP contribution in [0.4, 0.5) is 4.39 Å². The van der Waals surface area contributed by atoms with Crippen molar-refractivity contribution in [1.82, 2.24) is 0 Å². The van der Waals surface area contributed by atoms with Crippen LogP contribution in [-0.2, 0) is 0 Å². The minimum Gasteiger partial charge on any atom is -0.490 e. The standard InChI is InChI=1S/C14H16ClFO/c1-3-11(2)10-17-14-9-12(5-4-8-15)6-7-13(14)16/h6-7,9,11H,3,8,10H2,1-2H3. The highest BCUT2D eigenvalue weighted by molar-refractivity contribution is 6.19. The maximum atomic E-state index is 13.4. The second kappa shape index (κ2) is 7.19. The zero-order valence-corrected chi connectivity index (χ0v) is 10.9. The van der Waals surface area contributed by atoms with Crippen LogP contribution in [0.1, 0.15) is 25.8 Å². The van der Waals surface area contributed by atoms with Crippen molar-refractivity contribution in [1.29, 1.82) is 0 Å². The quantitative estimate of drug-likeness (QED) is 0.586. The molecule has 0 radical (unpaired) electrons. The Bertz CT molecular complexity index is 420. The molecule has 0 saturated carbocycles. The van der Waals surface area contributed by atoms with E-state index in [1.165, 1.54) is 6.07 Å². The first-order chi connectivity index (χ1) is 8.17. The fraction of sp³-hybridized carbons (Fsp3) is 0.429. The minimum atomic E-state index is -0.357. The van der Waals surface area contributed by atoms with E-state index in [4.69, 9.17) is 16.3 Å². The first kappa shape index (κ1) is 13.9. The molecular weight excluding hydrogens is 239 g/mol. The third-order valence-corrected chi connectivity index (χ3v) is 2.58. The van der Waals surface area contributed by atoms with Gasteiger partial charge in [-0.3, -0.25) is 0 Å². The molecule has 0 aliphatic heterocycles. The van der Waals surface area contributed by atoms with Gasteiger partial charge in [-0.25, -0.2) is 4.39 Å². The summed E-state index contributed by atoms with van der Waals surface area (Å²) in [5, 5.41) is 0. The third-order valence-electron chi connectivity index (χ3n) is 2.45. The number of alkyl halides is 1. The van der Waals surface area contributed by atoms with E-state index in [0.717, 1.165) is 6.42 Å². The molecule has 0 bridgehead atoms. The maximum absolute atomic E-state index is 13.4. The zero-order chi connectivity index (χ0) is 12.7. The molecule has 1 unspecified atom stereocenters. The maximum Gasteiger partial charge on any atom is 0.165 e. The van der Waals surface area contributed by atoms with Crippen LogP contribution in [-0.4, -0.2) is 12.5 Å². The average Bonchev–Trinajstić information content (AvgIpc) is 2.35. The first-order valence-electron chi connectivity index (χ1n) is 5.64. The summed E-state index contributed by atoms with van der Waals surface area (Å²) in [7, 11) is 0. The fourth-order valence-electron chi connectivity index (χ4n) is 1.18. The Morgan fingerprint density at radius 3 is 2.88 bits per heavy atom. The highest BCUT2D eigenvalue weighted by Gasteiger charge is 2.06. The lowest BCUT2D eigenvalue weighted by atomic mass is 10.1. The van der Waals surface area contributed by atoms with Gasteiger partial charge in [-0.2, -0.15) is 0 Å². The lowest BCUT2D eigenvalue weighted by Gasteiger charge is -2.11. The van der Waals surface area contributed by atoms with Crippen molar-refractivity contribution < 1.29 is 9.13 Å². The molecule has 0 N–H and O–H groups in total. The molecule has 17 heavy (non-hydrogen) atoms. The number of hydrogen-bond acceptors (Lipinski definition) is 1. The molecule has 0 amide bonds. The van der Waals surface area contributed by atoms with E-state index in [1.54, 1.807) is 12.1 Å². The highest BCUT2D eigenvalue weighted by Crippen LogP contribution is 2.19. The van der Waals surface area contributed by atoms with Gasteiger partial charge in [0, 0.05) is 5.56 Å². The van der Waals surface area contributed by atoms with Gasteiger partial charge in [0.25, 0.3) is 0 Å². The second-order valence-corrected chi connectivity index (χ2v) is 4.17. The van der Waals surface area contributed by atoms with Crippen LogP contribution in [0.3, 0.4) is 0 Å². The van der Waals surface area contributed by atoms with Gasteiger partial charge in [0.15, 0.2) is 11.6 Å². The summed E-state index contributed by atoms with van der Waals surface area (Å²) >= 11 is 5.47. The topological polar surface area (TPSA) is 9.23 Å². The molecule has 1 rings (SSSR count). The van der Waals surface area contributed by atoms with Gasteiger partial charge in [0.2, 0.25) is 0 Å². The van der Waals surface area contributed by atoms with Crippen molar-refractivity contribution in [2.24, 2.45) is 5.92 Å². The molecule has 1 atom stereocenters. The Labute approximate surface area is 107 Å². The monoisotopic (exact) mass is 254 g/mol. The number of rotatable bonds is 4. The van der Waals surface area contributed by atoms with Crippen LogP contribution < -0.4 is 4.74 Å². The molecule has 0 fully saturated rings. The molecule has 0 aliphatic rings. The van der Waals surface area contributed by atoms with Crippen LogP contribution in [0, 0.1) is 23.6 Å².